The average molecular weight is 183 g/mol. The van der Waals surface area contributed by atoms with E-state index in [2.05, 4.69) is 9.97 Å². The standard InChI is InChI=1S/C8H13N3O2/c1-12-3-2-4-13-8-7(9)5-10-6-11-8/h5-6H,2-4,9H2,1H3. The number of rotatable bonds is 5. The molecule has 0 aromatic carbocycles. The summed E-state index contributed by atoms with van der Waals surface area (Å²) in [6, 6.07) is 0. The third-order valence-electron chi connectivity index (χ3n) is 1.43. The highest BCUT2D eigenvalue weighted by atomic mass is 16.5. The third kappa shape index (κ3) is 3.25. The fourth-order valence-corrected chi connectivity index (χ4v) is 0.822. The lowest BCUT2D eigenvalue weighted by Gasteiger charge is -2.05. The molecule has 0 aliphatic rings. The first kappa shape index (κ1) is 9.73. The van der Waals surface area contributed by atoms with Crippen LogP contribution in [0, 0.1) is 0 Å². The predicted octanol–water partition coefficient (Wildman–Crippen LogP) is 0.474. The molecule has 0 saturated carbocycles. The molecule has 1 aromatic heterocycles. The van der Waals surface area contributed by atoms with Crippen LogP contribution in [0.25, 0.3) is 0 Å². The van der Waals surface area contributed by atoms with Crippen LogP contribution in [0.3, 0.4) is 0 Å². The molecule has 1 heterocycles. The Morgan fingerprint density at radius 2 is 2.31 bits per heavy atom. The van der Waals surface area contributed by atoms with Crippen molar-refractivity contribution < 1.29 is 9.47 Å². The van der Waals surface area contributed by atoms with Crippen molar-refractivity contribution >= 4 is 5.69 Å². The summed E-state index contributed by atoms with van der Waals surface area (Å²) in [5, 5.41) is 0. The Morgan fingerprint density at radius 1 is 1.46 bits per heavy atom. The van der Waals surface area contributed by atoms with Crippen LogP contribution in [-0.4, -0.2) is 30.3 Å². The van der Waals surface area contributed by atoms with Crippen molar-refractivity contribution in [2.45, 2.75) is 6.42 Å². The number of methoxy groups -OCH3 is 1. The van der Waals surface area contributed by atoms with Crippen molar-refractivity contribution in [2.75, 3.05) is 26.1 Å². The quantitative estimate of drug-likeness (QED) is 0.672. The zero-order chi connectivity index (χ0) is 9.52. The average Bonchev–Trinajstić information content (AvgIpc) is 2.15. The highest BCUT2D eigenvalue weighted by Gasteiger charge is 1.99. The molecule has 0 saturated heterocycles. The van der Waals surface area contributed by atoms with Gasteiger partial charge in [0.05, 0.1) is 12.8 Å². The van der Waals surface area contributed by atoms with Gasteiger partial charge in [-0.1, -0.05) is 0 Å². The van der Waals surface area contributed by atoms with E-state index in [0.717, 1.165) is 6.42 Å². The number of nitrogen functional groups attached to an aromatic ring is 1. The molecule has 5 heteroatoms. The van der Waals surface area contributed by atoms with Crippen LogP contribution in [0.15, 0.2) is 12.5 Å². The van der Waals surface area contributed by atoms with Gasteiger partial charge < -0.3 is 15.2 Å². The Kier molecular flexibility index (Phi) is 3.98. The van der Waals surface area contributed by atoms with E-state index in [-0.39, 0.29) is 0 Å². The zero-order valence-corrected chi connectivity index (χ0v) is 7.56. The van der Waals surface area contributed by atoms with Crippen LogP contribution >= 0.6 is 0 Å². The molecule has 5 nitrogen and oxygen atoms in total. The molecule has 0 bridgehead atoms. The van der Waals surface area contributed by atoms with Gasteiger partial charge in [0.15, 0.2) is 0 Å². The summed E-state index contributed by atoms with van der Waals surface area (Å²) in [5.41, 5.74) is 6.01. The SMILES string of the molecule is COCCCOc1ncncc1N. The van der Waals surface area contributed by atoms with E-state index in [1.54, 1.807) is 7.11 Å². The number of anilines is 1. The van der Waals surface area contributed by atoms with E-state index in [1.807, 2.05) is 0 Å². The summed E-state index contributed by atoms with van der Waals surface area (Å²) in [7, 11) is 1.65. The lowest BCUT2D eigenvalue weighted by molar-refractivity contribution is 0.171. The maximum atomic E-state index is 5.55. The molecular weight excluding hydrogens is 170 g/mol. The maximum Gasteiger partial charge on any atom is 0.240 e. The first-order chi connectivity index (χ1) is 6.34. The van der Waals surface area contributed by atoms with Crippen molar-refractivity contribution in [3.8, 4) is 5.88 Å². The Bertz CT molecular complexity index is 255. The minimum Gasteiger partial charge on any atom is -0.476 e. The number of hydrogen-bond donors (Lipinski definition) is 1. The van der Waals surface area contributed by atoms with Crippen LogP contribution in [0.1, 0.15) is 6.42 Å². The van der Waals surface area contributed by atoms with Gasteiger partial charge in [-0.15, -0.1) is 0 Å². The predicted molar refractivity (Wildman–Crippen MR) is 48.4 cm³/mol. The number of aromatic nitrogens is 2. The van der Waals surface area contributed by atoms with Gasteiger partial charge in [0.1, 0.15) is 12.0 Å². The number of ether oxygens (including phenoxy) is 2. The fraction of sp³-hybridized carbons (Fsp3) is 0.500. The van der Waals surface area contributed by atoms with Crippen LogP contribution in [0.2, 0.25) is 0 Å². The summed E-state index contributed by atoms with van der Waals surface area (Å²) in [4.78, 5) is 7.63. The van der Waals surface area contributed by atoms with Crippen molar-refractivity contribution in [3.05, 3.63) is 12.5 Å². The lowest BCUT2D eigenvalue weighted by atomic mass is 10.5. The molecule has 13 heavy (non-hydrogen) atoms. The Hall–Kier alpha value is -1.36. The highest BCUT2D eigenvalue weighted by Crippen LogP contribution is 2.14. The Morgan fingerprint density at radius 3 is 3.00 bits per heavy atom. The minimum atomic E-state index is 0.436. The largest absolute Gasteiger partial charge is 0.476 e. The summed E-state index contributed by atoms with van der Waals surface area (Å²) >= 11 is 0. The van der Waals surface area contributed by atoms with Gasteiger partial charge >= 0.3 is 0 Å². The van der Waals surface area contributed by atoms with E-state index >= 15 is 0 Å². The molecule has 1 rings (SSSR count). The molecule has 2 N–H and O–H groups in total. The van der Waals surface area contributed by atoms with E-state index in [4.69, 9.17) is 15.2 Å². The van der Waals surface area contributed by atoms with Gasteiger partial charge in [0.2, 0.25) is 5.88 Å². The number of nitrogens with two attached hydrogens (primary N) is 1. The van der Waals surface area contributed by atoms with Crippen LogP contribution < -0.4 is 10.5 Å². The molecule has 1 aromatic rings. The fourth-order valence-electron chi connectivity index (χ4n) is 0.822. The van der Waals surface area contributed by atoms with Crippen molar-refractivity contribution in [1.82, 2.24) is 9.97 Å². The van der Waals surface area contributed by atoms with Crippen LogP contribution in [0.5, 0.6) is 5.88 Å². The topological polar surface area (TPSA) is 70.3 Å². The lowest BCUT2D eigenvalue weighted by Crippen LogP contribution is -2.04. The molecule has 72 valence electrons. The van der Waals surface area contributed by atoms with Crippen LogP contribution in [0.4, 0.5) is 5.69 Å². The molecule has 0 aliphatic carbocycles. The van der Waals surface area contributed by atoms with Gasteiger partial charge in [-0.2, -0.15) is 0 Å². The molecule has 0 radical (unpaired) electrons. The monoisotopic (exact) mass is 183 g/mol. The third-order valence-corrected chi connectivity index (χ3v) is 1.43. The maximum absolute atomic E-state index is 5.55. The van der Waals surface area contributed by atoms with E-state index in [9.17, 15) is 0 Å². The molecule has 0 fully saturated rings. The summed E-state index contributed by atoms with van der Waals surface area (Å²) < 4.78 is 10.1. The summed E-state index contributed by atoms with van der Waals surface area (Å²) in [5.74, 6) is 0.436. The van der Waals surface area contributed by atoms with Crippen LogP contribution in [-0.2, 0) is 4.74 Å². The smallest absolute Gasteiger partial charge is 0.240 e. The normalized spacial score (nSPS) is 9.92. The zero-order valence-electron chi connectivity index (χ0n) is 7.56. The van der Waals surface area contributed by atoms with Gasteiger partial charge in [-0.25, -0.2) is 9.97 Å². The molecule has 0 aliphatic heterocycles. The second kappa shape index (κ2) is 5.31. The molecule has 0 spiro atoms. The second-order valence-corrected chi connectivity index (χ2v) is 2.48. The molecular formula is C8H13N3O2. The van der Waals surface area contributed by atoms with Crippen molar-refractivity contribution in [2.24, 2.45) is 0 Å². The van der Waals surface area contributed by atoms with Gasteiger partial charge in [-0.3, -0.25) is 0 Å². The van der Waals surface area contributed by atoms with Crippen molar-refractivity contribution in [1.29, 1.82) is 0 Å². The molecule has 0 amide bonds. The van der Waals surface area contributed by atoms with E-state index in [0.29, 0.717) is 24.8 Å². The van der Waals surface area contributed by atoms with E-state index < -0.39 is 0 Å². The first-order valence-electron chi connectivity index (χ1n) is 4.02. The number of nitrogens with zero attached hydrogens (tertiary/aromatic N) is 2. The second-order valence-electron chi connectivity index (χ2n) is 2.48. The van der Waals surface area contributed by atoms with E-state index in [1.165, 1.54) is 12.5 Å². The summed E-state index contributed by atoms with van der Waals surface area (Å²) in [6.07, 6.45) is 3.74. The Balaban J connectivity index is 2.32. The Labute approximate surface area is 76.9 Å². The van der Waals surface area contributed by atoms with Crippen molar-refractivity contribution in [3.63, 3.8) is 0 Å². The van der Waals surface area contributed by atoms with Gasteiger partial charge in [-0.05, 0) is 0 Å². The summed E-state index contributed by atoms with van der Waals surface area (Å²) in [6.45, 7) is 1.22. The molecule has 0 unspecified atom stereocenters. The molecule has 0 atom stereocenters. The minimum absolute atomic E-state index is 0.436. The first-order valence-corrected chi connectivity index (χ1v) is 4.02. The van der Waals surface area contributed by atoms with Gasteiger partial charge in [0, 0.05) is 20.1 Å². The highest BCUT2D eigenvalue weighted by molar-refractivity contribution is 5.44. The number of hydrogen-bond acceptors (Lipinski definition) is 5. The van der Waals surface area contributed by atoms with Gasteiger partial charge in [0.25, 0.3) is 0 Å².